The van der Waals surface area contributed by atoms with Crippen LogP contribution in [0, 0.1) is 12.8 Å². The van der Waals surface area contributed by atoms with E-state index in [1.165, 1.54) is 6.07 Å². The number of hydrogen-bond donors (Lipinski definition) is 1. The minimum Gasteiger partial charge on any atom is -0.477 e. The van der Waals surface area contributed by atoms with Crippen molar-refractivity contribution in [2.45, 2.75) is 40.2 Å². The first kappa shape index (κ1) is 13.5. The Morgan fingerprint density at radius 3 is 2.59 bits per heavy atom. The maximum atomic E-state index is 11.9. The van der Waals surface area contributed by atoms with Gasteiger partial charge in [-0.1, -0.05) is 13.8 Å². The standard InChI is InChI=1S/C13H19NO3/c1-9(2)5-4-8-14-10(3)6-7-11(12(14)15)13(16)17/h6-7,9H,4-5,8H2,1-3H3,(H,16,17). The van der Waals surface area contributed by atoms with Gasteiger partial charge in [0.05, 0.1) is 0 Å². The van der Waals surface area contributed by atoms with Crippen molar-refractivity contribution in [2.75, 3.05) is 0 Å². The molecule has 1 aromatic heterocycles. The minimum atomic E-state index is -1.16. The molecule has 94 valence electrons. The lowest BCUT2D eigenvalue weighted by molar-refractivity contribution is 0.0694. The summed E-state index contributed by atoms with van der Waals surface area (Å²) in [5.74, 6) is -0.568. The van der Waals surface area contributed by atoms with Gasteiger partial charge in [0.2, 0.25) is 0 Å². The monoisotopic (exact) mass is 237 g/mol. The number of aromatic carboxylic acids is 1. The Bertz CT molecular complexity index is 460. The minimum absolute atomic E-state index is 0.153. The van der Waals surface area contributed by atoms with Crippen molar-refractivity contribution < 1.29 is 9.90 Å². The highest BCUT2D eigenvalue weighted by molar-refractivity contribution is 5.87. The molecule has 4 nitrogen and oxygen atoms in total. The first-order chi connectivity index (χ1) is 7.93. The van der Waals surface area contributed by atoms with Gasteiger partial charge in [-0.15, -0.1) is 0 Å². The molecular weight excluding hydrogens is 218 g/mol. The summed E-state index contributed by atoms with van der Waals surface area (Å²) in [6, 6.07) is 3.05. The molecule has 4 heteroatoms. The quantitative estimate of drug-likeness (QED) is 0.854. The van der Waals surface area contributed by atoms with Gasteiger partial charge in [-0.25, -0.2) is 4.79 Å². The van der Waals surface area contributed by atoms with Crippen LogP contribution in [0.5, 0.6) is 0 Å². The second kappa shape index (κ2) is 5.66. The summed E-state index contributed by atoms with van der Waals surface area (Å²) < 4.78 is 1.55. The number of carboxylic acids is 1. The molecule has 0 radical (unpaired) electrons. The maximum Gasteiger partial charge on any atom is 0.341 e. The molecule has 0 aliphatic heterocycles. The Labute approximate surface area is 101 Å². The lowest BCUT2D eigenvalue weighted by Gasteiger charge is -2.11. The van der Waals surface area contributed by atoms with E-state index in [-0.39, 0.29) is 5.56 Å². The summed E-state index contributed by atoms with van der Waals surface area (Å²) in [6.07, 6.45) is 1.92. The molecule has 1 aromatic rings. The van der Waals surface area contributed by atoms with Crippen molar-refractivity contribution in [3.8, 4) is 0 Å². The Morgan fingerprint density at radius 1 is 1.41 bits per heavy atom. The van der Waals surface area contributed by atoms with Gasteiger partial charge in [-0.3, -0.25) is 4.79 Å². The largest absolute Gasteiger partial charge is 0.477 e. The second-order valence-electron chi connectivity index (χ2n) is 4.69. The first-order valence-corrected chi connectivity index (χ1v) is 5.87. The predicted molar refractivity (Wildman–Crippen MR) is 66.5 cm³/mol. The number of aryl methyl sites for hydroxylation is 1. The van der Waals surface area contributed by atoms with Gasteiger partial charge in [-0.05, 0) is 37.8 Å². The molecule has 17 heavy (non-hydrogen) atoms. The van der Waals surface area contributed by atoms with Gasteiger partial charge in [0.1, 0.15) is 5.56 Å². The highest BCUT2D eigenvalue weighted by Crippen LogP contribution is 2.06. The number of nitrogens with zero attached hydrogens (tertiary/aromatic N) is 1. The summed E-state index contributed by atoms with van der Waals surface area (Å²) in [5.41, 5.74) is 0.255. The zero-order valence-corrected chi connectivity index (χ0v) is 10.6. The van der Waals surface area contributed by atoms with Crippen LogP contribution in [0.2, 0.25) is 0 Å². The molecule has 0 bridgehead atoms. The molecule has 0 atom stereocenters. The fourth-order valence-electron chi connectivity index (χ4n) is 1.77. The third-order valence-electron chi connectivity index (χ3n) is 2.79. The van der Waals surface area contributed by atoms with E-state index in [4.69, 9.17) is 5.11 Å². The number of aromatic nitrogens is 1. The highest BCUT2D eigenvalue weighted by atomic mass is 16.4. The van der Waals surface area contributed by atoms with E-state index < -0.39 is 11.5 Å². The fraction of sp³-hybridized carbons (Fsp3) is 0.538. The van der Waals surface area contributed by atoms with E-state index in [0.717, 1.165) is 18.5 Å². The van der Waals surface area contributed by atoms with Crippen molar-refractivity contribution in [3.05, 3.63) is 33.7 Å². The molecular formula is C13H19NO3. The molecule has 1 heterocycles. The van der Waals surface area contributed by atoms with E-state index >= 15 is 0 Å². The topological polar surface area (TPSA) is 59.3 Å². The van der Waals surface area contributed by atoms with Crippen LogP contribution in [-0.4, -0.2) is 15.6 Å². The van der Waals surface area contributed by atoms with Crippen LogP contribution in [-0.2, 0) is 6.54 Å². The average Bonchev–Trinajstić information content (AvgIpc) is 2.21. The predicted octanol–water partition coefficient (Wildman–Crippen LogP) is 2.29. The van der Waals surface area contributed by atoms with Crippen LogP contribution < -0.4 is 5.56 Å². The van der Waals surface area contributed by atoms with Gasteiger partial charge < -0.3 is 9.67 Å². The molecule has 0 spiro atoms. The van der Waals surface area contributed by atoms with E-state index in [9.17, 15) is 9.59 Å². The number of pyridine rings is 1. The lowest BCUT2D eigenvalue weighted by Crippen LogP contribution is -2.28. The number of rotatable bonds is 5. The van der Waals surface area contributed by atoms with Gasteiger partial charge in [0, 0.05) is 12.2 Å². The van der Waals surface area contributed by atoms with Crippen molar-refractivity contribution in [2.24, 2.45) is 5.92 Å². The van der Waals surface area contributed by atoms with Crippen molar-refractivity contribution in [3.63, 3.8) is 0 Å². The molecule has 0 aliphatic rings. The van der Waals surface area contributed by atoms with E-state index in [2.05, 4.69) is 13.8 Å². The van der Waals surface area contributed by atoms with E-state index in [1.807, 2.05) is 6.92 Å². The Morgan fingerprint density at radius 2 is 2.06 bits per heavy atom. The third-order valence-corrected chi connectivity index (χ3v) is 2.79. The first-order valence-electron chi connectivity index (χ1n) is 5.87. The van der Waals surface area contributed by atoms with Crippen molar-refractivity contribution in [1.29, 1.82) is 0 Å². The van der Waals surface area contributed by atoms with Crippen LogP contribution in [0.15, 0.2) is 16.9 Å². The molecule has 0 unspecified atom stereocenters. The molecule has 0 saturated heterocycles. The molecule has 1 rings (SSSR count). The summed E-state index contributed by atoms with van der Waals surface area (Å²) in [6.45, 7) is 6.67. The highest BCUT2D eigenvalue weighted by Gasteiger charge is 2.11. The van der Waals surface area contributed by atoms with Crippen LogP contribution in [0.4, 0.5) is 0 Å². The summed E-state index contributed by atoms with van der Waals surface area (Å²) >= 11 is 0. The Hall–Kier alpha value is -1.58. The molecule has 1 N–H and O–H groups in total. The number of carbonyl (C=O) groups is 1. The zero-order valence-electron chi connectivity index (χ0n) is 10.6. The summed E-state index contributed by atoms with van der Waals surface area (Å²) in [4.78, 5) is 22.7. The Balaban J connectivity index is 2.94. The normalized spacial score (nSPS) is 10.8. The smallest absolute Gasteiger partial charge is 0.341 e. The fourth-order valence-corrected chi connectivity index (χ4v) is 1.77. The number of carboxylic acid groups (broad SMARTS) is 1. The van der Waals surface area contributed by atoms with Crippen LogP contribution in [0.25, 0.3) is 0 Å². The van der Waals surface area contributed by atoms with Crippen LogP contribution >= 0.6 is 0 Å². The van der Waals surface area contributed by atoms with E-state index in [0.29, 0.717) is 12.5 Å². The summed E-state index contributed by atoms with van der Waals surface area (Å²) in [5, 5.41) is 8.88. The molecule has 0 saturated carbocycles. The zero-order chi connectivity index (χ0) is 13.0. The van der Waals surface area contributed by atoms with E-state index in [1.54, 1.807) is 10.6 Å². The lowest BCUT2D eigenvalue weighted by atomic mass is 10.1. The van der Waals surface area contributed by atoms with Crippen molar-refractivity contribution in [1.82, 2.24) is 4.57 Å². The van der Waals surface area contributed by atoms with Crippen LogP contribution in [0.1, 0.15) is 42.7 Å². The maximum absolute atomic E-state index is 11.9. The van der Waals surface area contributed by atoms with Crippen LogP contribution in [0.3, 0.4) is 0 Å². The van der Waals surface area contributed by atoms with Crippen molar-refractivity contribution >= 4 is 5.97 Å². The molecule has 0 aliphatic carbocycles. The van der Waals surface area contributed by atoms with Gasteiger partial charge in [-0.2, -0.15) is 0 Å². The molecule has 0 amide bonds. The SMILES string of the molecule is Cc1ccc(C(=O)O)c(=O)n1CCCC(C)C. The summed E-state index contributed by atoms with van der Waals surface area (Å²) in [7, 11) is 0. The number of hydrogen-bond acceptors (Lipinski definition) is 2. The van der Waals surface area contributed by atoms with Gasteiger partial charge in [0.25, 0.3) is 5.56 Å². The third kappa shape index (κ3) is 3.44. The second-order valence-corrected chi connectivity index (χ2v) is 4.69. The Kier molecular flexibility index (Phi) is 4.49. The molecule has 0 aromatic carbocycles. The van der Waals surface area contributed by atoms with Gasteiger partial charge in [0.15, 0.2) is 0 Å². The average molecular weight is 237 g/mol. The molecule has 0 fully saturated rings. The van der Waals surface area contributed by atoms with Gasteiger partial charge >= 0.3 is 5.97 Å².